The number of aliphatic hydroxyl groups is 1. The van der Waals surface area contributed by atoms with Crippen LogP contribution < -0.4 is 5.32 Å². The molecule has 0 unspecified atom stereocenters. The number of hydrogen-bond acceptors (Lipinski definition) is 2. The van der Waals surface area contributed by atoms with Crippen molar-refractivity contribution in [3.63, 3.8) is 0 Å². The van der Waals surface area contributed by atoms with Gasteiger partial charge in [0.1, 0.15) is 0 Å². The highest BCUT2D eigenvalue weighted by molar-refractivity contribution is 5.47. The summed E-state index contributed by atoms with van der Waals surface area (Å²) in [7, 11) is 0. The molecule has 4 aliphatic carbocycles. The van der Waals surface area contributed by atoms with E-state index in [4.69, 9.17) is 0 Å². The van der Waals surface area contributed by atoms with Gasteiger partial charge in [-0.3, -0.25) is 4.79 Å². The Morgan fingerprint density at radius 3 is 2.48 bits per heavy atom. The van der Waals surface area contributed by atoms with Gasteiger partial charge in [0.15, 0.2) is 0 Å². The quantitative estimate of drug-likeness (QED) is 0.765. The van der Waals surface area contributed by atoms with Gasteiger partial charge in [0.2, 0.25) is 6.41 Å². The molecule has 0 aliphatic heterocycles. The average Bonchev–Trinajstić information content (AvgIpc) is 2.85. The molecule has 3 nitrogen and oxygen atoms in total. The molecular weight excluding hydrogens is 286 g/mol. The minimum atomic E-state index is -0.0499. The standard InChI is InChI=1S/C20H33NO2/c1-19-9-7-14(23)11-13(19)3-4-15-16-5-6-18(21-12-22)20(16,2)10-8-17(15)19/h12-18,23H,3-11H2,1-2H3,(H,21,22)/t13-,14-,15-,16-,17+,18-,19-,20+/m1/s1. The van der Waals surface area contributed by atoms with Crippen LogP contribution in [0.15, 0.2) is 0 Å². The number of carbonyl (C=O) groups excluding carboxylic acids is 1. The van der Waals surface area contributed by atoms with Crippen molar-refractivity contribution in [3.8, 4) is 0 Å². The second-order valence-corrected chi connectivity index (χ2v) is 9.54. The molecule has 4 aliphatic rings. The van der Waals surface area contributed by atoms with Crippen LogP contribution in [0.2, 0.25) is 0 Å². The largest absolute Gasteiger partial charge is 0.393 e. The maximum absolute atomic E-state index is 11.0. The van der Waals surface area contributed by atoms with Crippen molar-refractivity contribution >= 4 is 6.41 Å². The molecule has 0 heterocycles. The molecule has 0 aromatic rings. The highest BCUT2D eigenvalue weighted by atomic mass is 16.3. The second-order valence-electron chi connectivity index (χ2n) is 9.54. The fraction of sp³-hybridized carbons (Fsp3) is 0.950. The Labute approximate surface area is 140 Å². The van der Waals surface area contributed by atoms with Gasteiger partial charge in [0, 0.05) is 6.04 Å². The summed E-state index contributed by atoms with van der Waals surface area (Å²) in [5, 5.41) is 13.2. The Bertz CT molecular complexity index is 480. The molecule has 130 valence electrons. The fourth-order valence-corrected chi connectivity index (χ4v) is 7.59. The molecule has 1 amide bonds. The first-order valence-electron chi connectivity index (χ1n) is 9.87. The zero-order valence-electron chi connectivity index (χ0n) is 14.8. The van der Waals surface area contributed by atoms with Gasteiger partial charge in [-0.05, 0) is 92.3 Å². The summed E-state index contributed by atoms with van der Waals surface area (Å²) >= 11 is 0. The first-order valence-corrected chi connectivity index (χ1v) is 9.87. The molecule has 2 N–H and O–H groups in total. The lowest BCUT2D eigenvalue weighted by Gasteiger charge is -2.60. The van der Waals surface area contributed by atoms with Crippen LogP contribution in [0.5, 0.6) is 0 Å². The topological polar surface area (TPSA) is 49.3 Å². The summed E-state index contributed by atoms with van der Waals surface area (Å²) in [6.45, 7) is 4.99. The summed E-state index contributed by atoms with van der Waals surface area (Å²) in [6.07, 6.45) is 11.9. The van der Waals surface area contributed by atoms with Gasteiger partial charge in [-0.25, -0.2) is 0 Å². The van der Waals surface area contributed by atoms with Crippen LogP contribution in [0, 0.1) is 34.5 Å². The van der Waals surface area contributed by atoms with Gasteiger partial charge in [0.05, 0.1) is 6.10 Å². The number of fused-ring (bicyclic) bond motifs is 5. The maximum Gasteiger partial charge on any atom is 0.207 e. The molecule has 0 bridgehead atoms. The molecule has 8 atom stereocenters. The van der Waals surface area contributed by atoms with Gasteiger partial charge >= 0.3 is 0 Å². The van der Waals surface area contributed by atoms with Crippen molar-refractivity contribution < 1.29 is 9.90 Å². The normalized spacial score (nSPS) is 55.4. The number of rotatable bonds is 2. The van der Waals surface area contributed by atoms with E-state index in [9.17, 15) is 9.90 Å². The van der Waals surface area contributed by atoms with Gasteiger partial charge in [-0.1, -0.05) is 13.8 Å². The molecule has 0 aromatic carbocycles. The van der Waals surface area contributed by atoms with E-state index in [1.54, 1.807) is 0 Å². The lowest BCUT2D eigenvalue weighted by molar-refractivity contribution is -0.126. The smallest absolute Gasteiger partial charge is 0.207 e. The molecule has 0 spiro atoms. The van der Waals surface area contributed by atoms with Gasteiger partial charge in [0.25, 0.3) is 0 Å². The third-order valence-electron chi connectivity index (χ3n) is 8.91. The Morgan fingerprint density at radius 1 is 0.957 bits per heavy atom. The molecular formula is C20H33NO2. The molecule has 4 fully saturated rings. The minimum Gasteiger partial charge on any atom is -0.393 e. The SMILES string of the molecule is C[C@]12CC[C@H]3[C@H](CC[C@@H]4C[C@H](O)CC[C@]43C)[C@H]1CC[C@H]2NC=O. The first-order chi connectivity index (χ1) is 11.0. The Kier molecular flexibility index (Phi) is 3.79. The molecule has 0 radical (unpaired) electrons. The lowest BCUT2D eigenvalue weighted by Crippen LogP contribution is -2.55. The lowest BCUT2D eigenvalue weighted by atomic mass is 9.45. The minimum absolute atomic E-state index is 0.0499. The molecule has 0 aromatic heterocycles. The Hall–Kier alpha value is -0.570. The second kappa shape index (κ2) is 5.47. The molecule has 4 saturated carbocycles. The van der Waals surface area contributed by atoms with Gasteiger partial charge < -0.3 is 10.4 Å². The van der Waals surface area contributed by atoms with E-state index in [-0.39, 0.29) is 6.10 Å². The number of carbonyl (C=O) groups is 1. The third-order valence-corrected chi connectivity index (χ3v) is 8.91. The van der Waals surface area contributed by atoms with Crippen molar-refractivity contribution in [2.45, 2.75) is 83.8 Å². The molecule has 4 rings (SSSR count). The summed E-state index contributed by atoms with van der Waals surface area (Å²) in [5.41, 5.74) is 0.777. The number of hydrogen-bond donors (Lipinski definition) is 2. The van der Waals surface area contributed by atoms with Crippen molar-refractivity contribution in [2.75, 3.05) is 0 Å². The Balaban J connectivity index is 1.59. The summed E-state index contributed by atoms with van der Waals surface area (Å²) in [5.74, 6) is 3.23. The summed E-state index contributed by atoms with van der Waals surface area (Å²) in [4.78, 5) is 11.0. The van der Waals surface area contributed by atoms with Crippen LogP contribution in [0.3, 0.4) is 0 Å². The van der Waals surface area contributed by atoms with Gasteiger partial charge in [-0.2, -0.15) is 0 Å². The van der Waals surface area contributed by atoms with E-state index in [0.29, 0.717) is 16.9 Å². The highest BCUT2D eigenvalue weighted by Crippen LogP contribution is 2.66. The van der Waals surface area contributed by atoms with Crippen molar-refractivity contribution in [1.29, 1.82) is 0 Å². The molecule has 23 heavy (non-hydrogen) atoms. The first kappa shape index (κ1) is 15.9. The number of aliphatic hydroxyl groups excluding tert-OH is 1. The third kappa shape index (κ3) is 2.22. The number of amides is 1. The zero-order chi connectivity index (χ0) is 16.2. The Morgan fingerprint density at radius 2 is 1.70 bits per heavy atom. The molecule has 0 saturated heterocycles. The van der Waals surface area contributed by atoms with Crippen molar-refractivity contribution in [3.05, 3.63) is 0 Å². The predicted octanol–water partition coefficient (Wildman–Crippen LogP) is 3.50. The van der Waals surface area contributed by atoms with E-state index in [0.717, 1.165) is 42.9 Å². The summed E-state index contributed by atoms with van der Waals surface area (Å²) < 4.78 is 0. The van der Waals surface area contributed by atoms with Crippen LogP contribution in [-0.4, -0.2) is 23.7 Å². The van der Waals surface area contributed by atoms with Crippen LogP contribution in [0.25, 0.3) is 0 Å². The highest BCUT2D eigenvalue weighted by Gasteiger charge is 2.60. The van der Waals surface area contributed by atoms with E-state index >= 15 is 0 Å². The number of nitrogens with one attached hydrogen (secondary N) is 1. The zero-order valence-corrected chi connectivity index (χ0v) is 14.8. The maximum atomic E-state index is 11.0. The van der Waals surface area contributed by atoms with Crippen molar-refractivity contribution in [2.24, 2.45) is 34.5 Å². The van der Waals surface area contributed by atoms with Crippen LogP contribution in [0.1, 0.15) is 71.6 Å². The van der Waals surface area contributed by atoms with Crippen LogP contribution >= 0.6 is 0 Å². The summed E-state index contributed by atoms with van der Waals surface area (Å²) in [6, 6.07) is 0.393. The van der Waals surface area contributed by atoms with Crippen LogP contribution in [0.4, 0.5) is 0 Å². The van der Waals surface area contributed by atoms with E-state index in [1.165, 1.54) is 44.9 Å². The average molecular weight is 319 g/mol. The van der Waals surface area contributed by atoms with Gasteiger partial charge in [-0.15, -0.1) is 0 Å². The van der Waals surface area contributed by atoms with Crippen molar-refractivity contribution in [1.82, 2.24) is 5.32 Å². The van der Waals surface area contributed by atoms with Crippen LogP contribution in [-0.2, 0) is 4.79 Å². The fourth-order valence-electron chi connectivity index (χ4n) is 7.59. The predicted molar refractivity (Wildman–Crippen MR) is 90.7 cm³/mol. The van der Waals surface area contributed by atoms with E-state index < -0.39 is 0 Å². The van der Waals surface area contributed by atoms with E-state index in [1.807, 2.05) is 0 Å². The van der Waals surface area contributed by atoms with E-state index in [2.05, 4.69) is 19.2 Å². The molecule has 3 heteroatoms. The monoisotopic (exact) mass is 319 g/mol.